The average molecular weight is 360 g/mol. The summed E-state index contributed by atoms with van der Waals surface area (Å²) < 4.78 is 11.7. The van der Waals surface area contributed by atoms with E-state index in [-0.39, 0.29) is 30.2 Å². The summed E-state index contributed by atoms with van der Waals surface area (Å²) in [5.41, 5.74) is 1.21. The Morgan fingerprint density at radius 3 is 2.54 bits per heavy atom. The van der Waals surface area contributed by atoms with E-state index >= 15 is 0 Å². The molecule has 1 heterocycles. The van der Waals surface area contributed by atoms with Crippen LogP contribution >= 0.6 is 0 Å². The number of pyridine rings is 1. The molecule has 0 saturated carbocycles. The molecule has 0 atom stereocenters. The van der Waals surface area contributed by atoms with Crippen LogP contribution in [0.4, 0.5) is 5.69 Å². The molecule has 0 spiro atoms. The Balaban J connectivity index is 2.44. The second kappa shape index (κ2) is 8.51. The number of hydrogen-bond acceptors (Lipinski definition) is 6. The van der Waals surface area contributed by atoms with Crippen molar-refractivity contribution in [1.82, 2.24) is 4.57 Å². The number of hydrogen-bond donors (Lipinski definition) is 0. The Morgan fingerprint density at radius 1 is 1.19 bits per heavy atom. The predicted octanol–water partition coefficient (Wildman–Crippen LogP) is 2.10. The van der Waals surface area contributed by atoms with Gasteiger partial charge in [0.05, 0.1) is 18.7 Å². The molecule has 0 fully saturated rings. The van der Waals surface area contributed by atoms with Gasteiger partial charge in [-0.3, -0.25) is 9.59 Å². The predicted molar refractivity (Wildman–Crippen MR) is 99.7 cm³/mol. The zero-order valence-corrected chi connectivity index (χ0v) is 15.6. The van der Waals surface area contributed by atoms with E-state index in [9.17, 15) is 14.4 Å². The third-order valence-electron chi connectivity index (χ3n) is 4.08. The Bertz CT molecular complexity index is 872. The van der Waals surface area contributed by atoms with Gasteiger partial charge >= 0.3 is 11.9 Å². The van der Waals surface area contributed by atoms with Crippen molar-refractivity contribution < 1.29 is 19.1 Å². The van der Waals surface area contributed by atoms with Crippen LogP contribution in [-0.2, 0) is 21.3 Å². The monoisotopic (exact) mass is 360 g/mol. The van der Waals surface area contributed by atoms with Crippen molar-refractivity contribution in [2.75, 3.05) is 31.2 Å². The fraction of sp³-hybridized carbons (Fsp3) is 0.421. The number of carbonyl (C=O) groups is 2. The number of esters is 2. The summed E-state index contributed by atoms with van der Waals surface area (Å²) in [5, 5.41) is 0.446. The molecule has 0 saturated heterocycles. The lowest BCUT2D eigenvalue weighted by molar-refractivity contribution is -0.140. The maximum absolute atomic E-state index is 12.8. The number of fused-ring (bicyclic) bond motifs is 1. The van der Waals surface area contributed by atoms with Crippen LogP contribution in [0, 0.1) is 0 Å². The van der Waals surface area contributed by atoms with Crippen LogP contribution in [0.5, 0.6) is 0 Å². The normalized spacial score (nSPS) is 10.6. The minimum atomic E-state index is -0.623. The highest BCUT2D eigenvalue weighted by Gasteiger charge is 2.16. The number of nitrogens with zero attached hydrogens (tertiary/aromatic N) is 2. The molecule has 0 aliphatic carbocycles. The van der Waals surface area contributed by atoms with Crippen molar-refractivity contribution in [3.8, 4) is 0 Å². The van der Waals surface area contributed by atoms with Crippen LogP contribution in [0.3, 0.4) is 0 Å². The van der Waals surface area contributed by atoms with E-state index in [0.29, 0.717) is 18.5 Å². The second-order valence-electron chi connectivity index (χ2n) is 5.82. The molecule has 140 valence electrons. The third-order valence-corrected chi connectivity index (χ3v) is 4.08. The number of likely N-dealkylation sites (N-methyl/N-ethyl adjacent to an activating group) is 1. The first-order valence-corrected chi connectivity index (χ1v) is 8.57. The van der Waals surface area contributed by atoms with Gasteiger partial charge in [0, 0.05) is 37.8 Å². The first-order valence-electron chi connectivity index (χ1n) is 8.57. The summed E-state index contributed by atoms with van der Waals surface area (Å²) in [6, 6.07) is 5.51. The minimum Gasteiger partial charge on any atom is -0.464 e. The van der Waals surface area contributed by atoms with E-state index in [1.54, 1.807) is 24.6 Å². The molecule has 1 aromatic carbocycles. The van der Waals surface area contributed by atoms with Gasteiger partial charge in [0.1, 0.15) is 12.2 Å². The van der Waals surface area contributed by atoms with Crippen LogP contribution < -0.4 is 10.3 Å². The van der Waals surface area contributed by atoms with Crippen LogP contribution in [0.15, 0.2) is 29.2 Å². The van der Waals surface area contributed by atoms with Gasteiger partial charge in [-0.15, -0.1) is 0 Å². The molecule has 7 heteroatoms. The molecule has 0 radical (unpaired) electrons. The first-order chi connectivity index (χ1) is 12.4. The van der Waals surface area contributed by atoms with Crippen LogP contribution in [0.25, 0.3) is 10.9 Å². The summed E-state index contributed by atoms with van der Waals surface area (Å²) in [5.74, 6) is -0.949. The van der Waals surface area contributed by atoms with Gasteiger partial charge in [0.2, 0.25) is 5.43 Å². The standard InChI is InChI=1S/C19H24N2O5/c1-5-21(9-10-26-13(3)22)14-7-8-17-15(11-14)18(23)16(12-20(17)4)19(24)25-6-2/h7-8,11-12H,5-6,9-10H2,1-4H3. The van der Waals surface area contributed by atoms with Gasteiger partial charge in [-0.05, 0) is 32.0 Å². The van der Waals surface area contributed by atoms with Crippen molar-refractivity contribution >= 4 is 28.5 Å². The Morgan fingerprint density at radius 2 is 1.92 bits per heavy atom. The Labute approximate surface area is 152 Å². The third kappa shape index (κ3) is 4.22. The Hall–Kier alpha value is -2.83. The van der Waals surface area contributed by atoms with E-state index in [0.717, 1.165) is 11.2 Å². The Kier molecular flexibility index (Phi) is 6.38. The van der Waals surface area contributed by atoms with Crippen LogP contribution in [-0.4, -0.2) is 42.8 Å². The van der Waals surface area contributed by atoms with E-state index < -0.39 is 5.97 Å². The number of rotatable bonds is 7. The van der Waals surface area contributed by atoms with E-state index in [1.165, 1.54) is 13.1 Å². The summed E-state index contributed by atoms with van der Waals surface area (Å²) in [4.78, 5) is 37.7. The summed E-state index contributed by atoms with van der Waals surface area (Å²) in [7, 11) is 1.78. The molecule has 0 bridgehead atoms. The molecule has 7 nitrogen and oxygen atoms in total. The fourth-order valence-corrected chi connectivity index (χ4v) is 2.80. The largest absolute Gasteiger partial charge is 0.464 e. The van der Waals surface area contributed by atoms with Crippen molar-refractivity contribution in [3.05, 3.63) is 40.2 Å². The van der Waals surface area contributed by atoms with Gasteiger partial charge in [-0.2, -0.15) is 0 Å². The van der Waals surface area contributed by atoms with Gasteiger partial charge in [-0.1, -0.05) is 0 Å². The van der Waals surface area contributed by atoms with Crippen molar-refractivity contribution in [1.29, 1.82) is 0 Å². The van der Waals surface area contributed by atoms with Gasteiger partial charge < -0.3 is 18.9 Å². The molecule has 0 aliphatic rings. The highest BCUT2D eigenvalue weighted by atomic mass is 16.5. The van der Waals surface area contributed by atoms with Crippen LogP contribution in [0.2, 0.25) is 0 Å². The minimum absolute atomic E-state index is 0.0157. The molecular weight excluding hydrogens is 336 g/mol. The van der Waals surface area contributed by atoms with Gasteiger partial charge in [0.25, 0.3) is 0 Å². The lowest BCUT2D eigenvalue weighted by atomic mass is 10.1. The molecule has 0 N–H and O–H groups in total. The number of carbonyl (C=O) groups excluding carboxylic acids is 2. The molecule has 0 unspecified atom stereocenters. The number of anilines is 1. The maximum atomic E-state index is 12.8. The molecule has 1 aromatic heterocycles. The van der Waals surface area contributed by atoms with E-state index in [1.807, 2.05) is 24.0 Å². The maximum Gasteiger partial charge on any atom is 0.343 e. The van der Waals surface area contributed by atoms with Crippen LogP contribution in [0.1, 0.15) is 31.1 Å². The smallest absolute Gasteiger partial charge is 0.343 e. The quantitative estimate of drug-likeness (QED) is 0.704. The summed E-state index contributed by atoms with van der Waals surface area (Å²) >= 11 is 0. The van der Waals surface area contributed by atoms with Gasteiger partial charge in [-0.25, -0.2) is 4.79 Å². The highest BCUT2D eigenvalue weighted by molar-refractivity contribution is 5.94. The number of aryl methyl sites for hydroxylation is 1. The van der Waals surface area contributed by atoms with E-state index in [2.05, 4.69) is 0 Å². The molecule has 0 aliphatic heterocycles. The second-order valence-corrected chi connectivity index (χ2v) is 5.82. The highest BCUT2D eigenvalue weighted by Crippen LogP contribution is 2.20. The zero-order chi connectivity index (χ0) is 19.3. The molecule has 2 aromatic rings. The molecule has 26 heavy (non-hydrogen) atoms. The van der Waals surface area contributed by atoms with E-state index in [4.69, 9.17) is 9.47 Å². The molecular formula is C19H24N2O5. The average Bonchev–Trinajstić information content (AvgIpc) is 2.61. The SMILES string of the molecule is CCOC(=O)c1cn(C)c2ccc(N(CC)CCOC(C)=O)cc2c1=O. The lowest BCUT2D eigenvalue weighted by Crippen LogP contribution is -2.28. The lowest BCUT2D eigenvalue weighted by Gasteiger charge is -2.23. The fourth-order valence-electron chi connectivity index (χ4n) is 2.80. The number of ether oxygens (including phenoxy) is 2. The van der Waals surface area contributed by atoms with Crippen molar-refractivity contribution in [2.24, 2.45) is 7.05 Å². The van der Waals surface area contributed by atoms with Crippen molar-refractivity contribution in [2.45, 2.75) is 20.8 Å². The summed E-state index contributed by atoms with van der Waals surface area (Å²) in [6.45, 7) is 6.72. The molecule has 0 amide bonds. The number of aromatic nitrogens is 1. The zero-order valence-electron chi connectivity index (χ0n) is 15.6. The van der Waals surface area contributed by atoms with Gasteiger partial charge in [0.15, 0.2) is 0 Å². The topological polar surface area (TPSA) is 77.8 Å². The summed E-state index contributed by atoms with van der Waals surface area (Å²) in [6.07, 6.45) is 1.50. The van der Waals surface area contributed by atoms with Crippen molar-refractivity contribution in [3.63, 3.8) is 0 Å². The molecule has 2 rings (SSSR count). The number of benzene rings is 1. The first kappa shape index (κ1) is 19.5.